The van der Waals surface area contributed by atoms with Gasteiger partial charge in [0.25, 0.3) is 0 Å². The van der Waals surface area contributed by atoms with E-state index >= 15 is 0 Å². The zero-order valence-electron chi connectivity index (χ0n) is 24.2. The van der Waals surface area contributed by atoms with Crippen molar-refractivity contribution in [3.63, 3.8) is 0 Å². The third-order valence-electron chi connectivity index (χ3n) is 6.55. The van der Waals surface area contributed by atoms with Crippen LogP contribution in [-0.4, -0.2) is 55.5 Å². The molecule has 0 aliphatic heterocycles. The van der Waals surface area contributed by atoms with Crippen LogP contribution in [0.1, 0.15) is 110 Å². The van der Waals surface area contributed by atoms with Crippen LogP contribution in [-0.2, 0) is 47.7 Å². The largest absolute Gasteiger partial charge is 0.463 e. The minimum atomic E-state index is -1.03. The molecule has 3 aliphatic rings. The van der Waals surface area contributed by atoms with Crippen LogP contribution in [0.15, 0.2) is 24.3 Å². The summed E-state index contributed by atoms with van der Waals surface area (Å²) in [5, 5.41) is 0. The van der Waals surface area contributed by atoms with Gasteiger partial charge in [0, 0.05) is 25.0 Å². The van der Waals surface area contributed by atoms with E-state index in [9.17, 15) is 28.8 Å². The average molecular weight is 617 g/mol. The first-order chi connectivity index (χ1) is 18.3. The molecule has 0 N–H and O–H groups in total. The molecule has 0 aromatic heterocycles. The van der Waals surface area contributed by atoms with Crippen molar-refractivity contribution in [1.29, 1.82) is 0 Å². The number of fused-ring (bicyclic) bond motifs is 5. The summed E-state index contributed by atoms with van der Waals surface area (Å²) in [7, 11) is 0. The third-order valence-corrected chi connectivity index (χ3v) is 6.55. The van der Waals surface area contributed by atoms with E-state index in [1.165, 1.54) is 37.5 Å². The van der Waals surface area contributed by atoms with Crippen LogP contribution in [0, 0.1) is 23.7 Å². The van der Waals surface area contributed by atoms with Crippen LogP contribution in [0.25, 0.3) is 0 Å². The first kappa shape index (κ1) is 49.4. The van der Waals surface area contributed by atoms with Gasteiger partial charge in [0.1, 0.15) is 0 Å². The number of ether oxygens (including phenoxy) is 4. The number of hydrogen-bond acceptors (Lipinski definition) is 10. The average Bonchev–Trinajstić information content (AvgIpc) is 3.61. The fourth-order valence-electron chi connectivity index (χ4n) is 4.87. The Hall–Kier alpha value is -3.30. The van der Waals surface area contributed by atoms with Gasteiger partial charge in [0.2, 0.25) is 18.4 Å². The van der Waals surface area contributed by atoms with Gasteiger partial charge in [0.05, 0.1) is 13.2 Å². The Morgan fingerprint density at radius 2 is 0.884 bits per heavy atom. The molecule has 10 nitrogen and oxygen atoms in total. The Labute approximate surface area is 260 Å². The van der Waals surface area contributed by atoms with Gasteiger partial charge in [-0.15, -0.1) is 0 Å². The zero-order valence-corrected chi connectivity index (χ0v) is 24.2. The first-order valence-electron chi connectivity index (χ1n) is 13.3. The highest BCUT2D eigenvalue weighted by Crippen LogP contribution is 2.58. The number of carbonyl (C=O) groups excluding carboxylic acids is 6. The topological polar surface area (TPSA) is 139 Å². The smallest absolute Gasteiger partial charge is 0.377 e. The van der Waals surface area contributed by atoms with Gasteiger partial charge in [-0.3, -0.25) is 9.59 Å². The molecule has 252 valence electrons. The summed E-state index contributed by atoms with van der Waals surface area (Å²) in [5.41, 5.74) is 0.644. The van der Waals surface area contributed by atoms with Crippen molar-refractivity contribution in [1.82, 2.24) is 0 Å². The highest BCUT2D eigenvalue weighted by Gasteiger charge is 2.48. The second-order valence-corrected chi connectivity index (χ2v) is 9.69. The predicted molar refractivity (Wildman–Crippen MR) is 170 cm³/mol. The van der Waals surface area contributed by atoms with Crippen LogP contribution in [0.4, 0.5) is 0 Å². The van der Waals surface area contributed by atoms with Crippen molar-refractivity contribution >= 4 is 35.4 Å². The molecule has 43 heavy (non-hydrogen) atoms. The molecular weight excluding hydrogens is 556 g/mol. The van der Waals surface area contributed by atoms with Gasteiger partial charge in [-0.2, -0.15) is 0 Å². The molecule has 3 fully saturated rings. The van der Waals surface area contributed by atoms with Crippen molar-refractivity contribution in [3.05, 3.63) is 24.3 Å². The number of Topliss-reactive ketones (excluding diaryl/α,β-unsaturated/α-hetero) is 2. The molecule has 3 aliphatic carbocycles. The summed E-state index contributed by atoms with van der Waals surface area (Å²) in [6, 6.07) is 0. The molecule has 0 heterocycles. The molecule has 10 heteroatoms. The van der Waals surface area contributed by atoms with Crippen molar-refractivity contribution in [2.75, 3.05) is 20.0 Å². The summed E-state index contributed by atoms with van der Waals surface area (Å²) >= 11 is 0. The van der Waals surface area contributed by atoms with Crippen LogP contribution in [0.3, 0.4) is 0 Å². The number of esters is 4. The second kappa shape index (κ2) is 26.3. The minimum absolute atomic E-state index is 0. The second-order valence-electron chi connectivity index (χ2n) is 9.69. The Kier molecular flexibility index (Phi) is 30.2. The molecule has 0 aromatic carbocycles. The molecule has 3 saturated carbocycles. The molecule has 0 radical (unpaired) electrons. The van der Waals surface area contributed by atoms with Gasteiger partial charge < -0.3 is 18.9 Å². The molecule has 4 atom stereocenters. The quantitative estimate of drug-likeness (QED) is 0.0936. The molecule has 0 aromatic rings. The minimum Gasteiger partial charge on any atom is -0.463 e. The number of ketones is 2. The Morgan fingerprint density at radius 1 is 0.558 bits per heavy atom. The lowest BCUT2D eigenvalue weighted by atomic mass is 9.82. The molecule has 0 spiro atoms. The Morgan fingerprint density at radius 3 is 1.19 bits per heavy atom. The van der Waals surface area contributed by atoms with Crippen LogP contribution < -0.4 is 0 Å². The van der Waals surface area contributed by atoms with Crippen LogP contribution >= 0.6 is 0 Å². The van der Waals surface area contributed by atoms with E-state index in [1.807, 2.05) is 0 Å². The molecule has 0 saturated heterocycles. The maximum Gasteiger partial charge on any atom is 0.377 e. The number of carbonyl (C=O) groups is 6. The van der Waals surface area contributed by atoms with Crippen molar-refractivity contribution in [2.24, 2.45) is 23.7 Å². The number of rotatable bonds is 8. The number of hydrogen-bond donors (Lipinski definition) is 0. The van der Waals surface area contributed by atoms with Crippen molar-refractivity contribution < 1.29 is 47.7 Å². The Balaban J connectivity index is -0.000000147. The normalized spacial score (nSPS) is 19.1. The molecule has 0 amide bonds. The van der Waals surface area contributed by atoms with E-state index in [0.29, 0.717) is 12.2 Å². The SMILES string of the molecule is C.C.C.C.C1C[C@@H]2C3CCC(C3)[C@@H]2C1.C=C(C)C(=O)OCC.C=C(C)C(=O)OCOC(=O)C(C)=O.CCOC(=O)C(C)=O. The summed E-state index contributed by atoms with van der Waals surface area (Å²) in [4.78, 5) is 62.2. The summed E-state index contributed by atoms with van der Waals surface area (Å²) in [6.07, 6.45) is 9.53. The maximum absolute atomic E-state index is 10.7. The molecule has 3 rings (SSSR count). The standard InChI is InChI=1S/C10H16.C8H10O5.C6H10O2.C5H8O3.4CH4/c1-2-9-7-4-5-8(6-7)10(9)3-1;1-5(2)7(10)12-4-13-8(11)6(3)9;1-4-8-6(7)5(2)3;1-3-8-5(7)4(2)6;;;;/h7-10H,1-6H2;1,4H2,2-3H3;2,4H2,1,3H3;3H2,1-2H3;4*1H4/t7?,8?,9-,10+;;;;;;;. The van der Waals surface area contributed by atoms with Crippen LogP contribution in [0.5, 0.6) is 0 Å². The van der Waals surface area contributed by atoms with Gasteiger partial charge in [-0.1, -0.05) is 49.3 Å². The van der Waals surface area contributed by atoms with Gasteiger partial charge in [-0.25, -0.2) is 19.2 Å². The monoisotopic (exact) mass is 616 g/mol. The highest BCUT2D eigenvalue weighted by atomic mass is 16.7. The fraction of sp³-hybridized carbons (Fsp3) is 0.697. The van der Waals surface area contributed by atoms with E-state index < -0.39 is 36.3 Å². The summed E-state index contributed by atoms with van der Waals surface area (Å²) in [5.74, 6) is 0.733. The predicted octanol–water partition coefficient (Wildman–Crippen LogP) is 6.84. The maximum atomic E-state index is 10.7. The molecule has 2 unspecified atom stereocenters. The molecule has 2 bridgehead atoms. The van der Waals surface area contributed by atoms with E-state index in [4.69, 9.17) is 0 Å². The zero-order chi connectivity index (χ0) is 30.1. The Bertz CT molecular complexity index is 835. The summed E-state index contributed by atoms with van der Waals surface area (Å²) < 4.78 is 17.5. The van der Waals surface area contributed by atoms with Crippen molar-refractivity contribution in [3.8, 4) is 0 Å². The third kappa shape index (κ3) is 19.5. The fourth-order valence-corrected chi connectivity index (χ4v) is 4.87. The van der Waals surface area contributed by atoms with E-state index in [1.54, 1.807) is 59.3 Å². The van der Waals surface area contributed by atoms with E-state index in [2.05, 4.69) is 32.1 Å². The van der Waals surface area contributed by atoms with Gasteiger partial charge in [-0.05, 0) is 83.5 Å². The van der Waals surface area contributed by atoms with E-state index in [-0.39, 0.29) is 47.9 Å². The highest BCUT2D eigenvalue weighted by molar-refractivity contribution is 6.32. The summed E-state index contributed by atoms with van der Waals surface area (Å²) in [6.45, 7) is 15.6. The lowest BCUT2D eigenvalue weighted by Gasteiger charge is -2.23. The lowest BCUT2D eigenvalue weighted by Crippen LogP contribution is -2.17. The lowest BCUT2D eigenvalue weighted by molar-refractivity contribution is -0.168. The first-order valence-corrected chi connectivity index (χ1v) is 13.3. The van der Waals surface area contributed by atoms with Gasteiger partial charge >= 0.3 is 23.9 Å². The van der Waals surface area contributed by atoms with Crippen LogP contribution in [0.2, 0.25) is 0 Å². The van der Waals surface area contributed by atoms with E-state index in [0.717, 1.165) is 6.92 Å². The van der Waals surface area contributed by atoms with Crippen molar-refractivity contribution in [2.45, 2.75) is 110 Å². The van der Waals surface area contributed by atoms with Gasteiger partial charge in [0.15, 0.2) is 0 Å². The molecular formula is C33H60O10.